The van der Waals surface area contributed by atoms with Crippen LogP contribution >= 0.6 is 0 Å². The Morgan fingerprint density at radius 2 is 1.88 bits per heavy atom. The van der Waals surface area contributed by atoms with Crippen LogP contribution in [-0.2, 0) is 4.79 Å². The van der Waals surface area contributed by atoms with Crippen LogP contribution in [0.1, 0.15) is 12.8 Å². The molecule has 9 nitrogen and oxygen atoms in total. The van der Waals surface area contributed by atoms with Crippen molar-refractivity contribution >= 4 is 28.6 Å². The average Bonchev–Trinajstić information content (AvgIpc) is 3.53. The Bertz CT molecular complexity index is 1370. The fourth-order valence-electron chi connectivity index (χ4n) is 4.35. The molecule has 0 unspecified atom stereocenters. The Labute approximate surface area is 196 Å². The molecule has 0 bridgehead atoms. The summed E-state index contributed by atoms with van der Waals surface area (Å²) in [6.45, 7) is 5.52. The first-order valence-corrected chi connectivity index (χ1v) is 11.1. The van der Waals surface area contributed by atoms with Crippen molar-refractivity contribution < 1.29 is 9.53 Å². The van der Waals surface area contributed by atoms with Gasteiger partial charge in [-0.05, 0) is 48.7 Å². The van der Waals surface area contributed by atoms with Crippen molar-refractivity contribution in [2.45, 2.75) is 12.8 Å². The second-order valence-electron chi connectivity index (χ2n) is 8.06. The van der Waals surface area contributed by atoms with E-state index in [4.69, 9.17) is 15.6 Å². The minimum Gasteiger partial charge on any atom is -0.495 e. The van der Waals surface area contributed by atoms with Gasteiger partial charge in [0.1, 0.15) is 23.3 Å². The Balaban J connectivity index is 1.64. The zero-order chi connectivity index (χ0) is 23.7. The van der Waals surface area contributed by atoms with E-state index >= 15 is 0 Å². The van der Waals surface area contributed by atoms with Crippen LogP contribution in [0.15, 0.2) is 61.4 Å². The molecule has 0 aliphatic carbocycles. The Kier molecular flexibility index (Phi) is 5.59. The van der Waals surface area contributed by atoms with Crippen molar-refractivity contribution in [3.05, 3.63) is 61.4 Å². The van der Waals surface area contributed by atoms with Crippen LogP contribution in [0.3, 0.4) is 0 Å². The minimum atomic E-state index is -0.269. The quantitative estimate of drug-likeness (QED) is 0.426. The third-order valence-electron chi connectivity index (χ3n) is 6.00. The first-order chi connectivity index (χ1) is 16.6. The highest BCUT2D eigenvalue weighted by atomic mass is 16.5. The molecule has 0 radical (unpaired) electrons. The number of amides is 1. The molecule has 2 aromatic heterocycles. The number of carbonyl (C=O) groups is 1. The maximum atomic E-state index is 11.6. The van der Waals surface area contributed by atoms with Gasteiger partial charge in [0.25, 0.3) is 0 Å². The van der Waals surface area contributed by atoms with Gasteiger partial charge in [0.2, 0.25) is 5.91 Å². The number of rotatable bonds is 6. The number of methoxy groups -OCH3 is 1. The van der Waals surface area contributed by atoms with E-state index in [0.29, 0.717) is 22.7 Å². The van der Waals surface area contributed by atoms with Crippen molar-refractivity contribution in [3.63, 3.8) is 0 Å². The summed E-state index contributed by atoms with van der Waals surface area (Å²) in [4.78, 5) is 18.2. The van der Waals surface area contributed by atoms with Gasteiger partial charge in [0.05, 0.1) is 12.8 Å². The molecule has 0 atom stereocenters. The summed E-state index contributed by atoms with van der Waals surface area (Å²) in [6, 6.07) is 13.6. The maximum absolute atomic E-state index is 11.6. The maximum Gasteiger partial charge on any atom is 0.247 e. The highest BCUT2D eigenvalue weighted by molar-refractivity contribution is 6.00. The Morgan fingerprint density at radius 1 is 1.15 bits per heavy atom. The minimum absolute atomic E-state index is 0.269. The van der Waals surface area contributed by atoms with Gasteiger partial charge >= 0.3 is 0 Å². The first-order valence-electron chi connectivity index (χ1n) is 11.1. The topological polar surface area (TPSA) is 111 Å². The first kappa shape index (κ1) is 21.4. The van der Waals surface area contributed by atoms with Crippen LogP contribution in [0.5, 0.6) is 5.75 Å². The lowest BCUT2D eigenvalue weighted by Gasteiger charge is -2.21. The number of fused-ring (bicyclic) bond motifs is 1. The predicted molar refractivity (Wildman–Crippen MR) is 133 cm³/mol. The second-order valence-corrected chi connectivity index (χ2v) is 8.06. The molecule has 1 fully saturated rings. The summed E-state index contributed by atoms with van der Waals surface area (Å²) in [5.74, 6) is 0.859. The Morgan fingerprint density at radius 3 is 2.59 bits per heavy atom. The van der Waals surface area contributed by atoms with Gasteiger partial charge in [-0.15, -0.1) is 14.8 Å². The smallest absolute Gasteiger partial charge is 0.247 e. The molecule has 1 saturated heterocycles. The van der Waals surface area contributed by atoms with E-state index in [1.54, 1.807) is 7.11 Å². The summed E-state index contributed by atoms with van der Waals surface area (Å²) in [5.41, 5.74) is 11.9. The third kappa shape index (κ3) is 3.81. The molecule has 5 rings (SSSR count). The molecule has 34 heavy (non-hydrogen) atoms. The molecule has 3 N–H and O–H groups in total. The van der Waals surface area contributed by atoms with E-state index in [1.807, 2.05) is 30.3 Å². The summed E-state index contributed by atoms with van der Waals surface area (Å²) >= 11 is 0. The number of nitrogen functional groups attached to an aromatic ring is 1. The van der Waals surface area contributed by atoms with E-state index in [0.717, 1.165) is 41.2 Å². The summed E-state index contributed by atoms with van der Waals surface area (Å²) in [5, 5.41) is 11.7. The number of hydrogen-bond donors (Lipinski definition) is 2. The molecule has 3 heterocycles. The summed E-state index contributed by atoms with van der Waals surface area (Å²) in [6.07, 6.45) is 4.98. The van der Waals surface area contributed by atoms with Crippen molar-refractivity contribution in [2.75, 3.05) is 36.1 Å². The molecule has 172 valence electrons. The van der Waals surface area contributed by atoms with Crippen molar-refractivity contribution in [1.29, 1.82) is 0 Å². The Hall–Kier alpha value is -4.40. The molecule has 0 saturated carbocycles. The standard InChI is InChI=1S/C25H25N7O2/c1-3-21(33)29-18-9-6-16(7-10-18)23-22(24-25(26)27-15-28-32(24)30-23)17-8-11-19(20(14-17)34-2)31-12-4-5-13-31/h3,6-11,14-15H,1,4-5,12-13H2,2H3,(H,29,33)(H2,26,27,28). The van der Waals surface area contributed by atoms with Crippen molar-refractivity contribution in [2.24, 2.45) is 0 Å². The van der Waals surface area contributed by atoms with Gasteiger partial charge in [-0.25, -0.2) is 4.98 Å². The van der Waals surface area contributed by atoms with E-state index in [1.165, 1.54) is 29.9 Å². The molecule has 9 heteroatoms. The molecule has 1 amide bonds. The molecular weight excluding hydrogens is 430 g/mol. The molecule has 2 aromatic carbocycles. The van der Waals surface area contributed by atoms with Gasteiger partial charge in [-0.3, -0.25) is 4.79 Å². The number of aromatic nitrogens is 4. The van der Waals surface area contributed by atoms with Gasteiger partial charge in [-0.1, -0.05) is 24.8 Å². The number of anilines is 3. The van der Waals surface area contributed by atoms with Gasteiger partial charge in [0, 0.05) is 29.9 Å². The van der Waals surface area contributed by atoms with Crippen LogP contribution in [0.4, 0.5) is 17.2 Å². The van der Waals surface area contributed by atoms with Crippen LogP contribution in [0.2, 0.25) is 0 Å². The lowest BCUT2D eigenvalue weighted by molar-refractivity contribution is -0.111. The van der Waals surface area contributed by atoms with Gasteiger partial charge in [0.15, 0.2) is 5.82 Å². The average molecular weight is 456 g/mol. The van der Waals surface area contributed by atoms with E-state index in [2.05, 4.69) is 39.0 Å². The van der Waals surface area contributed by atoms with E-state index in [9.17, 15) is 4.79 Å². The number of nitrogens with two attached hydrogens (primary N) is 1. The zero-order valence-electron chi connectivity index (χ0n) is 18.9. The molecule has 4 aromatic rings. The van der Waals surface area contributed by atoms with Crippen LogP contribution in [0.25, 0.3) is 27.9 Å². The summed E-state index contributed by atoms with van der Waals surface area (Å²) in [7, 11) is 1.68. The van der Waals surface area contributed by atoms with E-state index < -0.39 is 0 Å². The lowest BCUT2D eigenvalue weighted by Crippen LogP contribution is -2.18. The zero-order valence-corrected chi connectivity index (χ0v) is 18.9. The molecule has 1 aliphatic rings. The highest BCUT2D eigenvalue weighted by Crippen LogP contribution is 2.41. The van der Waals surface area contributed by atoms with Gasteiger partial charge in [-0.2, -0.15) is 0 Å². The number of carbonyl (C=O) groups excluding carboxylic acids is 1. The third-order valence-corrected chi connectivity index (χ3v) is 6.00. The van der Waals surface area contributed by atoms with Crippen LogP contribution in [-0.4, -0.2) is 45.9 Å². The highest BCUT2D eigenvalue weighted by Gasteiger charge is 2.23. The molecule has 1 aliphatic heterocycles. The van der Waals surface area contributed by atoms with Crippen LogP contribution < -0.4 is 20.7 Å². The normalized spacial score (nSPS) is 13.3. The largest absolute Gasteiger partial charge is 0.495 e. The molecule has 0 spiro atoms. The van der Waals surface area contributed by atoms with E-state index in [-0.39, 0.29) is 5.91 Å². The van der Waals surface area contributed by atoms with Crippen molar-refractivity contribution in [3.8, 4) is 28.1 Å². The fourth-order valence-corrected chi connectivity index (χ4v) is 4.35. The summed E-state index contributed by atoms with van der Waals surface area (Å²) < 4.78 is 7.27. The monoisotopic (exact) mass is 455 g/mol. The van der Waals surface area contributed by atoms with Crippen LogP contribution in [0, 0.1) is 0 Å². The number of benzene rings is 2. The van der Waals surface area contributed by atoms with Crippen molar-refractivity contribution in [1.82, 2.24) is 19.8 Å². The van der Waals surface area contributed by atoms with Gasteiger partial charge < -0.3 is 20.7 Å². The molecular formula is C25H25N7O2. The number of nitrogens with one attached hydrogen (secondary N) is 1. The second kappa shape index (κ2) is 8.86. The number of hydrogen-bond acceptors (Lipinski definition) is 7. The SMILES string of the molecule is C=CC(=O)Nc1ccc(-c2nn3ncnc(N)c3c2-c2ccc(N3CCCC3)c(OC)c2)cc1. The number of nitrogens with zero attached hydrogens (tertiary/aromatic N) is 5. The lowest BCUT2D eigenvalue weighted by atomic mass is 9.99. The number of ether oxygens (including phenoxy) is 1. The fraction of sp³-hybridized carbons (Fsp3) is 0.200. The predicted octanol–water partition coefficient (Wildman–Crippen LogP) is 3.77.